The average Bonchev–Trinajstić information content (AvgIpc) is 2.47. The van der Waals surface area contributed by atoms with Gasteiger partial charge >= 0.3 is 0 Å². The number of hydrogen-bond acceptors (Lipinski definition) is 4. The zero-order chi connectivity index (χ0) is 10.3. The van der Waals surface area contributed by atoms with Crippen LogP contribution in [0.4, 0.5) is 5.69 Å². The molecular formula is C9H9BrN2OS. The molecule has 0 unspecified atom stereocenters. The number of nitrogens with two attached hydrogens (primary N) is 1. The highest BCUT2D eigenvalue weighted by molar-refractivity contribution is 9.11. The molecule has 1 aromatic heterocycles. The lowest BCUT2D eigenvalue weighted by molar-refractivity contribution is 0.421. The minimum absolute atomic E-state index is 0.665. The molecule has 1 aromatic carbocycles. The molecule has 2 rings (SSSR count). The number of methoxy groups -OCH3 is 1. The first-order chi connectivity index (χ1) is 6.63. The number of aryl methyl sites for hydroxylation is 1. The van der Waals surface area contributed by atoms with Crippen molar-refractivity contribution in [3.8, 4) is 5.75 Å². The lowest BCUT2D eigenvalue weighted by Gasteiger charge is -2.07. The molecule has 14 heavy (non-hydrogen) atoms. The van der Waals surface area contributed by atoms with Crippen molar-refractivity contribution in [1.82, 2.24) is 4.98 Å². The SMILES string of the molecule is COc1c(N)c(C)cc2sc(Br)nc12. The number of nitrogen functional groups attached to an aromatic ring is 1. The summed E-state index contributed by atoms with van der Waals surface area (Å²) in [5.41, 5.74) is 8.40. The highest BCUT2D eigenvalue weighted by atomic mass is 79.9. The van der Waals surface area contributed by atoms with Gasteiger partial charge in [0.05, 0.1) is 17.5 Å². The van der Waals surface area contributed by atoms with Gasteiger partial charge in [0.1, 0.15) is 5.52 Å². The lowest BCUT2D eigenvalue weighted by Crippen LogP contribution is -1.95. The van der Waals surface area contributed by atoms with Crippen LogP contribution >= 0.6 is 27.3 Å². The number of ether oxygens (including phenoxy) is 1. The molecule has 0 aliphatic heterocycles. The van der Waals surface area contributed by atoms with E-state index in [-0.39, 0.29) is 0 Å². The predicted octanol–water partition coefficient (Wildman–Crippen LogP) is 2.96. The van der Waals surface area contributed by atoms with E-state index in [9.17, 15) is 0 Å². The number of anilines is 1. The minimum atomic E-state index is 0.665. The van der Waals surface area contributed by atoms with Crippen molar-refractivity contribution in [3.63, 3.8) is 0 Å². The van der Waals surface area contributed by atoms with Gasteiger partial charge in [0.25, 0.3) is 0 Å². The largest absolute Gasteiger partial charge is 0.492 e. The fourth-order valence-corrected chi connectivity index (χ4v) is 2.84. The standard InChI is InChI=1S/C9H9BrN2OS/c1-4-3-5-7(12-9(10)14-5)8(13-2)6(4)11/h3H,11H2,1-2H3. The maximum absolute atomic E-state index is 5.89. The van der Waals surface area contributed by atoms with Crippen LogP contribution in [0.1, 0.15) is 5.56 Å². The van der Waals surface area contributed by atoms with Crippen LogP contribution in [0.3, 0.4) is 0 Å². The third-order valence-corrected chi connectivity index (χ3v) is 3.52. The van der Waals surface area contributed by atoms with Gasteiger partial charge in [0.15, 0.2) is 9.67 Å². The molecule has 3 nitrogen and oxygen atoms in total. The Bertz CT molecular complexity index is 495. The van der Waals surface area contributed by atoms with Gasteiger partial charge in [0.2, 0.25) is 0 Å². The topological polar surface area (TPSA) is 48.1 Å². The molecule has 0 atom stereocenters. The molecule has 0 radical (unpaired) electrons. The van der Waals surface area contributed by atoms with E-state index in [1.54, 1.807) is 18.4 Å². The summed E-state index contributed by atoms with van der Waals surface area (Å²) < 4.78 is 7.18. The number of aromatic nitrogens is 1. The van der Waals surface area contributed by atoms with E-state index in [0.717, 1.165) is 19.7 Å². The highest BCUT2D eigenvalue weighted by Gasteiger charge is 2.12. The fraction of sp³-hybridized carbons (Fsp3) is 0.222. The van der Waals surface area contributed by atoms with Gasteiger partial charge in [-0.05, 0) is 34.5 Å². The number of hydrogen-bond donors (Lipinski definition) is 1. The van der Waals surface area contributed by atoms with Crippen LogP contribution in [0.2, 0.25) is 0 Å². The van der Waals surface area contributed by atoms with Gasteiger partial charge in [-0.2, -0.15) is 0 Å². The number of thiazole rings is 1. The van der Waals surface area contributed by atoms with Crippen LogP contribution in [0.25, 0.3) is 10.2 Å². The summed E-state index contributed by atoms with van der Waals surface area (Å²) in [6.07, 6.45) is 0. The Balaban J connectivity index is 2.87. The highest BCUT2D eigenvalue weighted by Crippen LogP contribution is 2.38. The lowest BCUT2D eigenvalue weighted by atomic mass is 10.2. The molecule has 0 spiro atoms. The summed E-state index contributed by atoms with van der Waals surface area (Å²) in [6.45, 7) is 1.96. The van der Waals surface area contributed by atoms with Crippen molar-refractivity contribution in [3.05, 3.63) is 15.5 Å². The predicted molar refractivity (Wildman–Crippen MR) is 63.0 cm³/mol. The summed E-state index contributed by atoms with van der Waals surface area (Å²) in [5, 5.41) is 0. The van der Waals surface area contributed by atoms with Crippen LogP contribution < -0.4 is 10.5 Å². The second-order valence-corrected chi connectivity index (χ2v) is 5.26. The molecule has 0 fully saturated rings. The van der Waals surface area contributed by atoms with Gasteiger partial charge < -0.3 is 10.5 Å². The minimum Gasteiger partial charge on any atom is -0.492 e. The quantitative estimate of drug-likeness (QED) is 0.812. The second-order valence-electron chi connectivity index (χ2n) is 2.95. The van der Waals surface area contributed by atoms with Crippen LogP contribution in [0, 0.1) is 6.92 Å². The summed E-state index contributed by atoms with van der Waals surface area (Å²) in [5.74, 6) is 0.668. The molecule has 74 valence electrons. The molecule has 2 aromatic rings. The Morgan fingerprint density at radius 3 is 2.93 bits per heavy atom. The molecule has 5 heteroatoms. The van der Waals surface area contributed by atoms with E-state index >= 15 is 0 Å². The summed E-state index contributed by atoms with van der Waals surface area (Å²) >= 11 is 4.92. The first-order valence-corrected chi connectivity index (χ1v) is 5.63. The monoisotopic (exact) mass is 272 g/mol. The van der Waals surface area contributed by atoms with Crippen LogP contribution in [-0.4, -0.2) is 12.1 Å². The normalized spacial score (nSPS) is 10.8. The van der Waals surface area contributed by atoms with E-state index in [4.69, 9.17) is 10.5 Å². The molecule has 0 amide bonds. The Kier molecular flexibility index (Phi) is 2.36. The van der Waals surface area contributed by atoms with Gasteiger partial charge in [0, 0.05) is 0 Å². The van der Waals surface area contributed by atoms with Crippen molar-refractivity contribution in [2.24, 2.45) is 0 Å². The average molecular weight is 273 g/mol. The van der Waals surface area contributed by atoms with Gasteiger partial charge in [-0.1, -0.05) is 0 Å². The number of benzene rings is 1. The van der Waals surface area contributed by atoms with Gasteiger partial charge in [-0.25, -0.2) is 4.98 Å². The molecule has 1 heterocycles. The van der Waals surface area contributed by atoms with Crippen molar-refractivity contribution >= 4 is 43.2 Å². The van der Waals surface area contributed by atoms with Crippen LogP contribution in [-0.2, 0) is 0 Å². The zero-order valence-electron chi connectivity index (χ0n) is 7.80. The van der Waals surface area contributed by atoms with Gasteiger partial charge in [-0.15, -0.1) is 11.3 Å². The molecule has 2 N–H and O–H groups in total. The fourth-order valence-electron chi connectivity index (χ4n) is 1.35. The van der Waals surface area contributed by atoms with Crippen LogP contribution in [0.5, 0.6) is 5.75 Å². The number of fused-ring (bicyclic) bond motifs is 1. The Morgan fingerprint density at radius 2 is 2.29 bits per heavy atom. The Labute approximate surface area is 94.0 Å². The second kappa shape index (κ2) is 3.40. The summed E-state index contributed by atoms with van der Waals surface area (Å²) in [4.78, 5) is 4.32. The van der Waals surface area contributed by atoms with Crippen LogP contribution in [0.15, 0.2) is 9.98 Å². The molecule has 0 aliphatic carbocycles. The third kappa shape index (κ3) is 1.36. The van der Waals surface area contributed by atoms with E-state index in [1.807, 2.05) is 13.0 Å². The van der Waals surface area contributed by atoms with Gasteiger partial charge in [-0.3, -0.25) is 0 Å². The van der Waals surface area contributed by atoms with E-state index < -0.39 is 0 Å². The van der Waals surface area contributed by atoms with Crippen molar-refractivity contribution < 1.29 is 4.74 Å². The molecule has 0 aliphatic rings. The maximum Gasteiger partial charge on any atom is 0.169 e. The van der Waals surface area contributed by atoms with Crippen molar-refractivity contribution in [1.29, 1.82) is 0 Å². The molecule has 0 bridgehead atoms. The Morgan fingerprint density at radius 1 is 1.57 bits per heavy atom. The number of nitrogens with zero attached hydrogens (tertiary/aromatic N) is 1. The van der Waals surface area contributed by atoms with E-state index in [0.29, 0.717) is 11.4 Å². The van der Waals surface area contributed by atoms with Crippen molar-refractivity contribution in [2.45, 2.75) is 6.92 Å². The molecule has 0 saturated carbocycles. The Hall–Kier alpha value is -0.810. The van der Waals surface area contributed by atoms with E-state index in [1.165, 1.54) is 0 Å². The first-order valence-electron chi connectivity index (χ1n) is 4.02. The molecule has 0 saturated heterocycles. The summed E-state index contributed by atoms with van der Waals surface area (Å²) in [6, 6.07) is 2.02. The first kappa shape index (κ1) is 9.73. The van der Waals surface area contributed by atoms with Crippen molar-refractivity contribution in [2.75, 3.05) is 12.8 Å². The smallest absolute Gasteiger partial charge is 0.169 e. The maximum atomic E-state index is 5.89. The summed E-state index contributed by atoms with van der Waals surface area (Å²) in [7, 11) is 1.61. The number of halogens is 1. The zero-order valence-corrected chi connectivity index (χ0v) is 10.2. The molecular weight excluding hydrogens is 264 g/mol. The number of rotatable bonds is 1. The third-order valence-electron chi connectivity index (χ3n) is 2.06. The van der Waals surface area contributed by atoms with E-state index in [2.05, 4.69) is 20.9 Å².